The van der Waals surface area contributed by atoms with Gasteiger partial charge in [-0.15, -0.1) is 11.8 Å². The van der Waals surface area contributed by atoms with Gasteiger partial charge in [-0.3, -0.25) is 4.79 Å². The SMILES string of the molecule is Cc1ccccc1Cn1cc(SCC(=O)c2ccccc2)c2ccccc21. The number of benzene rings is 3. The van der Waals surface area contributed by atoms with E-state index in [0.717, 1.165) is 17.0 Å². The monoisotopic (exact) mass is 371 g/mol. The van der Waals surface area contributed by atoms with E-state index < -0.39 is 0 Å². The number of nitrogens with zero attached hydrogens (tertiary/aromatic N) is 1. The molecule has 27 heavy (non-hydrogen) atoms. The van der Waals surface area contributed by atoms with Crippen LogP contribution in [-0.4, -0.2) is 16.1 Å². The molecule has 0 saturated heterocycles. The molecule has 3 aromatic carbocycles. The van der Waals surface area contributed by atoms with Gasteiger partial charge in [-0.1, -0.05) is 72.8 Å². The topological polar surface area (TPSA) is 22.0 Å². The maximum atomic E-state index is 12.5. The van der Waals surface area contributed by atoms with E-state index in [4.69, 9.17) is 0 Å². The van der Waals surface area contributed by atoms with Crippen molar-refractivity contribution in [1.82, 2.24) is 4.57 Å². The number of aromatic nitrogens is 1. The third-order valence-corrected chi connectivity index (χ3v) is 5.85. The van der Waals surface area contributed by atoms with Crippen molar-refractivity contribution in [3.63, 3.8) is 0 Å². The molecule has 4 aromatic rings. The first-order chi connectivity index (χ1) is 13.2. The van der Waals surface area contributed by atoms with Crippen LogP contribution in [0.25, 0.3) is 10.9 Å². The molecule has 0 radical (unpaired) electrons. The van der Waals surface area contributed by atoms with Crippen LogP contribution in [0.1, 0.15) is 21.5 Å². The van der Waals surface area contributed by atoms with Crippen LogP contribution in [0.4, 0.5) is 0 Å². The molecule has 0 spiro atoms. The molecule has 0 unspecified atom stereocenters. The lowest BCUT2D eigenvalue weighted by Crippen LogP contribution is -2.01. The summed E-state index contributed by atoms with van der Waals surface area (Å²) in [5.74, 6) is 0.610. The fourth-order valence-corrected chi connectivity index (χ4v) is 4.26. The fraction of sp³-hybridized carbons (Fsp3) is 0.125. The van der Waals surface area contributed by atoms with Gasteiger partial charge in [0.15, 0.2) is 5.78 Å². The molecule has 2 nitrogen and oxygen atoms in total. The van der Waals surface area contributed by atoms with E-state index in [1.807, 2.05) is 30.3 Å². The van der Waals surface area contributed by atoms with Gasteiger partial charge in [0.05, 0.1) is 5.75 Å². The number of para-hydroxylation sites is 1. The average Bonchev–Trinajstić information content (AvgIpc) is 3.06. The molecule has 0 aliphatic carbocycles. The van der Waals surface area contributed by atoms with Gasteiger partial charge < -0.3 is 4.57 Å². The highest BCUT2D eigenvalue weighted by molar-refractivity contribution is 8.00. The van der Waals surface area contributed by atoms with E-state index in [9.17, 15) is 4.79 Å². The highest BCUT2D eigenvalue weighted by atomic mass is 32.2. The van der Waals surface area contributed by atoms with E-state index in [1.165, 1.54) is 22.0 Å². The Kier molecular flexibility index (Phi) is 5.12. The molecule has 0 aliphatic heterocycles. The molecule has 0 saturated carbocycles. The lowest BCUT2D eigenvalue weighted by atomic mass is 10.1. The second kappa shape index (κ2) is 7.85. The fourth-order valence-electron chi connectivity index (χ4n) is 3.28. The Labute approximate surface area is 163 Å². The van der Waals surface area contributed by atoms with Crippen LogP contribution in [0.15, 0.2) is 90.0 Å². The van der Waals surface area contributed by atoms with Crippen molar-refractivity contribution in [3.05, 3.63) is 102 Å². The molecule has 0 amide bonds. The van der Waals surface area contributed by atoms with Crippen molar-refractivity contribution < 1.29 is 4.79 Å². The second-order valence-corrected chi connectivity index (χ2v) is 7.66. The summed E-state index contributed by atoms with van der Waals surface area (Å²) >= 11 is 1.62. The molecule has 1 heterocycles. The van der Waals surface area contributed by atoms with Crippen molar-refractivity contribution in [1.29, 1.82) is 0 Å². The van der Waals surface area contributed by atoms with Crippen molar-refractivity contribution >= 4 is 28.4 Å². The Bertz CT molecular complexity index is 1080. The summed E-state index contributed by atoms with van der Waals surface area (Å²) in [6, 6.07) is 26.4. The minimum absolute atomic E-state index is 0.163. The van der Waals surface area contributed by atoms with Crippen molar-refractivity contribution in [2.75, 3.05) is 5.75 Å². The van der Waals surface area contributed by atoms with E-state index in [0.29, 0.717) is 5.75 Å². The average molecular weight is 372 g/mol. The van der Waals surface area contributed by atoms with Crippen LogP contribution >= 0.6 is 11.8 Å². The molecule has 1 aromatic heterocycles. The molecule has 4 rings (SSSR count). The summed E-state index contributed by atoms with van der Waals surface area (Å²) in [5, 5.41) is 1.21. The lowest BCUT2D eigenvalue weighted by molar-refractivity contribution is 0.102. The van der Waals surface area contributed by atoms with Crippen molar-refractivity contribution in [2.24, 2.45) is 0 Å². The number of thioether (sulfide) groups is 1. The van der Waals surface area contributed by atoms with Gasteiger partial charge in [0.1, 0.15) is 0 Å². The smallest absolute Gasteiger partial charge is 0.173 e. The zero-order valence-corrected chi connectivity index (χ0v) is 16.1. The van der Waals surface area contributed by atoms with Crippen LogP contribution in [0.5, 0.6) is 0 Å². The normalized spacial score (nSPS) is 11.0. The minimum atomic E-state index is 0.163. The molecule has 0 aliphatic rings. The van der Waals surface area contributed by atoms with Crippen molar-refractivity contribution in [3.8, 4) is 0 Å². The van der Waals surface area contributed by atoms with Crippen LogP contribution in [0, 0.1) is 6.92 Å². The third kappa shape index (κ3) is 3.83. The molecule has 0 atom stereocenters. The number of rotatable bonds is 6. The zero-order chi connectivity index (χ0) is 18.6. The second-order valence-electron chi connectivity index (χ2n) is 6.64. The number of hydrogen-bond donors (Lipinski definition) is 0. The number of carbonyl (C=O) groups is 1. The highest BCUT2D eigenvalue weighted by Gasteiger charge is 2.12. The summed E-state index contributed by atoms with van der Waals surface area (Å²) in [4.78, 5) is 13.6. The Hall–Kier alpha value is -2.78. The Morgan fingerprint density at radius 1 is 0.889 bits per heavy atom. The Morgan fingerprint density at radius 3 is 2.41 bits per heavy atom. The van der Waals surface area contributed by atoms with Gasteiger partial charge >= 0.3 is 0 Å². The number of ketones is 1. The van der Waals surface area contributed by atoms with E-state index in [-0.39, 0.29) is 5.78 Å². The Balaban J connectivity index is 1.60. The minimum Gasteiger partial charge on any atom is -0.342 e. The number of carbonyl (C=O) groups excluding carboxylic acids is 1. The van der Waals surface area contributed by atoms with Crippen LogP contribution < -0.4 is 0 Å². The third-order valence-electron chi connectivity index (χ3n) is 4.81. The summed E-state index contributed by atoms with van der Waals surface area (Å²) in [6.07, 6.45) is 2.18. The van der Waals surface area contributed by atoms with Gasteiger partial charge in [-0.25, -0.2) is 0 Å². The predicted octanol–water partition coefficient (Wildman–Crippen LogP) is 5.97. The van der Waals surface area contributed by atoms with Crippen LogP contribution in [-0.2, 0) is 6.54 Å². The number of hydrogen-bond acceptors (Lipinski definition) is 2. The molecule has 0 fully saturated rings. The number of aryl methyl sites for hydroxylation is 1. The van der Waals surface area contributed by atoms with Crippen LogP contribution in [0.3, 0.4) is 0 Å². The highest BCUT2D eigenvalue weighted by Crippen LogP contribution is 2.31. The molecule has 134 valence electrons. The van der Waals surface area contributed by atoms with Gasteiger partial charge in [-0.05, 0) is 24.1 Å². The standard InChI is InChI=1S/C24H21NOS/c1-18-9-5-6-12-20(18)15-25-16-24(21-13-7-8-14-22(21)25)27-17-23(26)19-10-3-2-4-11-19/h2-14,16H,15,17H2,1H3. The number of fused-ring (bicyclic) bond motifs is 1. The summed E-state index contributed by atoms with van der Waals surface area (Å²) in [6.45, 7) is 2.98. The number of Topliss-reactive ketones (excluding diaryl/α,β-unsaturated/α-hetero) is 1. The molecular weight excluding hydrogens is 350 g/mol. The quantitative estimate of drug-likeness (QED) is 0.307. The van der Waals surface area contributed by atoms with E-state index in [1.54, 1.807) is 11.8 Å². The zero-order valence-electron chi connectivity index (χ0n) is 15.3. The largest absolute Gasteiger partial charge is 0.342 e. The summed E-state index contributed by atoms with van der Waals surface area (Å²) in [7, 11) is 0. The van der Waals surface area contributed by atoms with Crippen molar-refractivity contribution in [2.45, 2.75) is 18.4 Å². The first kappa shape index (κ1) is 17.6. The lowest BCUT2D eigenvalue weighted by Gasteiger charge is -2.08. The van der Waals surface area contributed by atoms with Gasteiger partial charge in [0.25, 0.3) is 0 Å². The molecule has 0 N–H and O–H groups in total. The van der Waals surface area contributed by atoms with E-state index >= 15 is 0 Å². The first-order valence-electron chi connectivity index (χ1n) is 9.06. The molecular formula is C24H21NOS. The molecule has 3 heteroatoms. The maximum absolute atomic E-state index is 12.5. The predicted molar refractivity (Wildman–Crippen MR) is 114 cm³/mol. The first-order valence-corrected chi connectivity index (χ1v) is 10.0. The van der Waals surface area contributed by atoms with E-state index in [2.05, 4.69) is 66.2 Å². The van der Waals surface area contributed by atoms with Gasteiger partial charge in [-0.2, -0.15) is 0 Å². The van der Waals surface area contributed by atoms with Gasteiger partial charge in [0, 0.05) is 34.1 Å². The molecule has 0 bridgehead atoms. The van der Waals surface area contributed by atoms with Gasteiger partial charge in [0.2, 0.25) is 0 Å². The maximum Gasteiger partial charge on any atom is 0.173 e. The summed E-state index contributed by atoms with van der Waals surface area (Å²) in [5.41, 5.74) is 4.59. The summed E-state index contributed by atoms with van der Waals surface area (Å²) < 4.78 is 2.28. The Morgan fingerprint density at radius 2 is 1.59 bits per heavy atom. The van der Waals surface area contributed by atoms with Crippen LogP contribution in [0.2, 0.25) is 0 Å².